The van der Waals surface area contributed by atoms with Gasteiger partial charge in [0.05, 0.1) is 20.1 Å². The molecule has 0 aromatic rings. The summed E-state index contributed by atoms with van der Waals surface area (Å²) in [7, 11) is 0. The first-order valence-electron chi connectivity index (χ1n) is 2.84. The summed E-state index contributed by atoms with van der Waals surface area (Å²) >= 11 is 3.65. The van der Waals surface area contributed by atoms with Crippen LogP contribution in [0.2, 0.25) is 0 Å². The summed E-state index contributed by atoms with van der Waals surface area (Å²) < 4.78 is 11.9. The molecule has 2 N–H and O–H groups in total. The minimum atomic E-state index is -1.09. The highest BCUT2D eigenvalue weighted by molar-refractivity contribution is 14.1. The van der Waals surface area contributed by atoms with Gasteiger partial charge in [-0.1, -0.05) is 45.2 Å². The van der Waals surface area contributed by atoms with Crippen molar-refractivity contribution in [1.29, 1.82) is 0 Å². The lowest BCUT2D eigenvalue weighted by Gasteiger charge is -2.09. The van der Waals surface area contributed by atoms with Gasteiger partial charge in [0, 0.05) is 0 Å². The summed E-state index contributed by atoms with van der Waals surface area (Å²) in [5.41, 5.74) is 0. The highest BCUT2D eigenvalue weighted by Gasteiger charge is 2.47. The minimum Gasteiger partial charge on any atom is -0.389 e. The number of alkyl halides is 3. The number of rotatable bonds is 0. The van der Waals surface area contributed by atoms with E-state index >= 15 is 0 Å². The first-order chi connectivity index (χ1) is 4.55. The molecule has 0 saturated heterocycles. The van der Waals surface area contributed by atoms with E-state index in [2.05, 4.69) is 0 Å². The van der Waals surface area contributed by atoms with Gasteiger partial charge in [-0.3, -0.25) is 0 Å². The maximum absolute atomic E-state index is 12.9. The van der Waals surface area contributed by atoms with Gasteiger partial charge >= 0.3 is 0 Å². The van der Waals surface area contributed by atoms with Crippen LogP contribution in [-0.4, -0.2) is 36.4 Å². The quantitative estimate of drug-likeness (QED) is 0.485. The predicted octanol–water partition coefficient (Wildman–Crippen LogP) is 0.667. The first kappa shape index (κ1) is 9.40. The largest absolute Gasteiger partial charge is 0.389 e. The van der Waals surface area contributed by atoms with Crippen LogP contribution < -0.4 is 0 Å². The smallest absolute Gasteiger partial charge is 0.129 e. The van der Waals surface area contributed by atoms with Crippen molar-refractivity contribution in [1.82, 2.24) is 0 Å². The second-order valence-corrected chi connectivity index (χ2v) is 5.19. The number of hydrogen-bond acceptors (Lipinski definition) is 2. The van der Waals surface area contributed by atoms with Crippen molar-refractivity contribution >= 4 is 45.2 Å². The molecule has 0 aromatic carbocycles. The molecule has 5 heteroatoms. The van der Waals surface area contributed by atoms with Gasteiger partial charge in [0.15, 0.2) is 0 Å². The first-order valence-corrected chi connectivity index (χ1v) is 5.33. The molecule has 1 aliphatic rings. The normalized spacial score (nSPS) is 55.5. The average Bonchev–Trinajstić information content (AvgIpc) is 2.07. The van der Waals surface area contributed by atoms with Gasteiger partial charge in [-0.15, -0.1) is 0 Å². The summed E-state index contributed by atoms with van der Waals surface area (Å²) in [5, 5.41) is 18.2. The van der Waals surface area contributed by atoms with Crippen LogP contribution in [0.1, 0.15) is 0 Å². The van der Waals surface area contributed by atoms with E-state index in [4.69, 9.17) is 10.2 Å². The Hall–Kier alpha value is 1.31. The maximum atomic E-state index is 12.9. The second kappa shape index (κ2) is 3.36. The Labute approximate surface area is 85.5 Å². The third-order valence-electron chi connectivity index (χ3n) is 1.61. The topological polar surface area (TPSA) is 40.5 Å². The predicted molar refractivity (Wildman–Crippen MR) is 52.5 cm³/mol. The molecule has 1 aliphatic carbocycles. The molecular formula is C5H7FI2O2. The zero-order chi connectivity index (χ0) is 7.89. The fourth-order valence-corrected chi connectivity index (χ4v) is 3.47. The van der Waals surface area contributed by atoms with E-state index in [9.17, 15) is 4.39 Å². The summed E-state index contributed by atoms with van der Waals surface area (Å²) in [6, 6.07) is 0. The Kier molecular flexibility index (Phi) is 3.16. The molecule has 0 aromatic heterocycles. The number of aliphatic hydroxyl groups is 2. The Morgan fingerprint density at radius 1 is 1.00 bits per heavy atom. The molecule has 0 radical (unpaired) electrons. The van der Waals surface area contributed by atoms with Crippen LogP contribution in [0, 0.1) is 0 Å². The van der Waals surface area contributed by atoms with E-state index in [1.54, 1.807) is 0 Å². The molecule has 2 nitrogen and oxygen atoms in total. The van der Waals surface area contributed by atoms with Crippen molar-refractivity contribution in [2.24, 2.45) is 0 Å². The molecule has 60 valence electrons. The van der Waals surface area contributed by atoms with Gasteiger partial charge in [-0.2, -0.15) is 0 Å². The van der Waals surface area contributed by atoms with Gasteiger partial charge in [0.2, 0.25) is 0 Å². The zero-order valence-corrected chi connectivity index (χ0v) is 9.23. The van der Waals surface area contributed by atoms with Crippen LogP contribution >= 0.6 is 45.2 Å². The third kappa shape index (κ3) is 1.42. The van der Waals surface area contributed by atoms with Crippen molar-refractivity contribution in [3.8, 4) is 0 Å². The summed E-state index contributed by atoms with van der Waals surface area (Å²) in [5.74, 6) is 0. The fraction of sp³-hybridized carbons (Fsp3) is 1.00. The van der Waals surface area contributed by atoms with Crippen LogP contribution in [0.15, 0.2) is 0 Å². The lowest BCUT2D eigenvalue weighted by molar-refractivity contribution is 0.0525. The van der Waals surface area contributed by atoms with Gasteiger partial charge in [0.1, 0.15) is 6.17 Å². The number of aliphatic hydroxyl groups excluding tert-OH is 2. The molecule has 4 atom stereocenters. The van der Waals surface area contributed by atoms with Crippen LogP contribution in [0.5, 0.6) is 0 Å². The Morgan fingerprint density at radius 2 is 1.30 bits per heavy atom. The van der Waals surface area contributed by atoms with Gasteiger partial charge in [0.25, 0.3) is 0 Å². The summed E-state index contributed by atoms with van der Waals surface area (Å²) in [4.78, 5) is 0. The SMILES string of the molecule is OC1C(O)C(I)C(F)C1I. The molecule has 0 aliphatic heterocycles. The van der Waals surface area contributed by atoms with Gasteiger partial charge in [-0.05, 0) is 0 Å². The summed E-state index contributed by atoms with van der Waals surface area (Å²) in [6.45, 7) is 0. The van der Waals surface area contributed by atoms with E-state index < -0.39 is 26.2 Å². The Morgan fingerprint density at radius 3 is 1.40 bits per heavy atom. The molecular weight excluding hydrogens is 365 g/mol. The lowest BCUT2D eigenvalue weighted by Crippen LogP contribution is -2.28. The zero-order valence-electron chi connectivity index (χ0n) is 4.92. The fourth-order valence-electron chi connectivity index (χ4n) is 0.929. The molecule has 1 rings (SSSR count). The van der Waals surface area contributed by atoms with E-state index in [1.165, 1.54) is 0 Å². The molecule has 4 unspecified atom stereocenters. The van der Waals surface area contributed by atoms with E-state index in [1.807, 2.05) is 45.2 Å². The summed E-state index contributed by atoms with van der Waals surface area (Å²) in [6.07, 6.45) is -2.90. The molecule has 1 fully saturated rings. The van der Waals surface area contributed by atoms with Crippen LogP contribution in [-0.2, 0) is 0 Å². The lowest BCUT2D eigenvalue weighted by atomic mass is 10.3. The van der Waals surface area contributed by atoms with Gasteiger partial charge < -0.3 is 10.2 Å². The molecule has 1 saturated carbocycles. The number of hydrogen-bond donors (Lipinski definition) is 2. The van der Waals surface area contributed by atoms with Gasteiger partial charge in [-0.25, -0.2) is 4.39 Å². The molecule has 0 heterocycles. The van der Waals surface area contributed by atoms with Crippen LogP contribution in [0.3, 0.4) is 0 Å². The van der Waals surface area contributed by atoms with E-state index in [-0.39, 0.29) is 0 Å². The van der Waals surface area contributed by atoms with Crippen molar-refractivity contribution in [3.05, 3.63) is 0 Å². The second-order valence-electron chi connectivity index (χ2n) is 2.31. The Bertz CT molecular complexity index is 90.0. The highest BCUT2D eigenvalue weighted by Crippen LogP contribution is 2.34. The highest BCUT2D eigenvalue weighted by atomic mass is 127. The monoisotopic (exact) mass is 372 g/mol. The minimum absolute atomic E-state index is 0.463. The molecule has 0 spiro atoms. The van der Waals surface area contributed by atoms with Crippen molar-refractivity contribution < 1.29 is 14.6 Å². The van der Waals surface area contributed by atoms with Crippen molar-refractivity contribution in [2.45, 2.75) is 26.2 Å². The van der Waals surface area contributed by atoms with Crippen molar-refractivity contribution in [2.75, 3.05) is 0 Å². The van der Waals surface area contributed by atoms with E-state index in [0.29, 0.717) is 0 Å². The van der Waals surface area contributed by atoms with E-state index in [0.717, 1.165) is 0 Å². The van der Waals surface area contributed by atoms with Crippen molar-refractivity contribution in [3.63, 3.8) is 0 Å². The molecule has 0 amide bonds. The Balaban J connectivity index is 2.68. The average molecular weight is 372 g/mol. The molecule has 0 bridgehead atoms. The standard InChI is InChI=1S/C5H7FI2O2/c6-1-2(7)4(9)5(10)3(1)8/h1-5,9-10H. The maximum Gasteiger partial charge on any atom is 0.129 e. The third-order valence-corrected chi connectivity index (χ3v) is 4.46. The number of halogens is 3. The van der Waals surface area contributed by atoms with Crippen LogP contribution in [0.25, 0.3) is 0 Å². The molecule has 10 heavy (non-hydrogen) atoms. The van der Waals surface area contributed by atoms with Crippen LogP contribution in [0.4, 0.5) is 4.39 Å².